The number of carbonyl (C=O) groups is 1. The van der Waals surface area contributed by atoms with Crippen LogP contribution in [-0.4, -0.2) is 23.5 Å². The Kier molecular flexibility index (Phi) is 5.03. The molecule has 2 aromatic carbocycles. The maximum absolute atomic E-state index is 13.2. The monoisotopic (exact) mass is 350 g/mol. The zero-order chi connectivity index (χ0) is 18.7. The van der Waals surface area contributed by atoms with Gasteiger partial charge in [-0.1, -0.05) is 37.3 Å². The summed E-state index contributed by atoms with van der Waals surface area (Å²) in [6.45, 7) is 10.4. The number of fused-ring (bicyclic) bond motifs is 1. The van der Waals surface area contributed by atoms with Crippen molar-refractivity contribution in [1.29, 1.82) is 0 Å². The highest BCUT2D eigenvalue weighted by Gasteiger charge is 2.44. The molecule has 3 rings (SSSR count). The third-order valence-electron chi connectivity index (χ3n) is 4.73. The summed E-state index contributed by atoms with van der Waals surface area (Å²) in [6.07, 6.45) is 2.62. The van der Waals surface area contributed by atoms with Crippen LogP contribution in [0.15, 0.2) is 61.2 Å². The van der Waals surface area contributed by atoms with Crippen LogP contribution < -0.4 is 10.1 Å². The standard InChI is InChI=1S/C22H26N2O2/c1-5-15-24-21(25)19-9-7-8-10-20(19)23-22(24,6-2)17-11-13-18(14-12-17)26-16(3)4/h5,7-14,16,23H,1,6,15H2,2-4H3. The van der Waals surface area contributed by atoms with Crippen LogP contribution in [0.1, 0.15) is 43.1 Å². The lowest BCUT2D eigenvalue weighted by molar-refractivity contribution is 0.0524. The molecule has 0 saturated heterocycles. The minimum atomic E-state index is -0.615. The lowest BCUT2D eigenvalue weighted by Gasteiger charge is -2.48. The summed E-state index contributed by atoms with van der Waals surface area (Å²) in [5.74, 6) is 0.844. The molecule has 0 saturated carbocycles. The van der Waals surface area contributed by atoms with Crippen LogP contribution in [0.5, 0.6) is 5.75 Å². The molecule has 1 aliphatic heterocycles. The zero-order valence-corrected chi connectivity index (χ0v) is 15.7. The molecule has 4 heteroatoms. The van der Waals surface area contributed by atoms with Gasteiger partial charge < -0.3 is 15.0 Å². The van der Waals surface area contributed by atoms with Gasteiger partial charge in [0.25, 0.3) is 5.91 Å². The average Bonchev–Trinajstić information content (AvgIpc) is 2.64. The van der Waals surface area contributed by atoms with Gasteiger partial charge in [-0.2, -0.15) is 0 Å². The highest BCUT2D eigenvalue weighted by atomic mass is 16.5. The van der Waals surface area contributed by atoms with Gasteiger partial charge in [0.2, 0.25) is 0 Å². The molecule has 0 spiro atoms. The predicted octanol–water partition coefficient (Wildman–Crippen LogP) is 4.79. The molecule has 1 N–H and O–H groups in total. The number of nitrogens with one attached hydrogen (secondary N) is 1. The normalized spacial score (nSPS) is 19.1. The molecule has 1 aliphatic rings. The van der Waals surface area contributed by atoms with Crippen molar-refractivity contribution in [3.8, 4) is 5.75 Å². The lowest BCUT2D eigenvalue weighted by Crippen LogP contribution is -2.57. The van der Waals surface area contributed by atoms with E-state index < -0.39 is 5.66 Å². The second-order valence-corrected chi connectivity index (χ2v) is 6.78. The quantitative estimate of drug-likeness (QED) is 0.762. The van der Waals surface area contributed by atoms with E-state index in [1.807, 2.05) is 67.3 Å². The van der Waals surface area contributed by atoms with Crippen molar-refractivity contribution < 1.29 is 9.53 Å². The molecule has 26 heavy (non-hydrogen) atoms. The number of ether oxygens (including phenoxy) is 1. The van der Waals surface area contributed by atoms with Gasteiger partial charge in [0, 0.05) is 12.2 Å². The number of rotatable bonds is 6. The molecule has 4 nitrogen and oxygen atoms in total. The average molecular weight is 350 g/mol. The molecule has 1 unspecified atom stereocenters. The van der Waals surface area contributed by atoms with Crippen LogP contribution in [-0.2, 0) is 5.66 Å². The number of para-hydroxylation sites is 1. The van der Waals surface area contributed by atoms with Crippen molar-refractivity contribution >= 4 is 11.6 Å². The molecule has 1 atom stereocenters. The largest absolute Gasteiger partial charge is 0.491 e. The highest BCUT2D eigenvalue weighted by molar-refractivity contribution is 6.02. The van der Waals surface area contributed by atoms with Gasteiger partial charge in [0.05, 0.1) is 11.7 Å². The third-order valence-corrected chi connectivity index (χ3v) is 4.73. The number of hydrogen-bond donors (Lipinski definition) is 1. The highest BCUT2D eigenvalue weighted by Crippen LogP contribution is 2.40. The number of amides is 1. The van der Waals surface area contributed by atoms with Crippen molar-refractivity contribution in [2.75, 3.05) is 11.9 Å². The number of anilines is 1. The Bertz CT molecular complexity index is 798. The Hall–Kier alpha value is -2.75. The number of carbonyl (C=O) groups excluding carboxylic acids is 1. The van der Waals surface area contributed by atoms with E-state index in [0.717, 1.165) is 23.4 Å². The molecule has 136 valence electrons. The van der Waals surface area contributed by atoms with E-state index in [4.69, 9.17) is 4.74 Å². The van der Waals surface area contributed by atoms with Crippen molar-refractivity contribution in [1.82, 2.24) is 4.90 Å². The van der Waals surface area contributed by atoms with Crippen LogP contribution >= 0.6 is 0 Å². The van der Waals surface area contributed by atoms with Crippen molar-refractivity contribution in [2.45, 2.75) is 39.0 Å². The second-order valence-electron chi connectivity index (χ2n) is 6.78. The molecule has 1 heterocycles. The third kappa shape index (κ3) is 3.07. The predicted molar refractivity (Wildman–Crippen MR) is 105 cm³/mol. The topological polar surface area (TPSA) is 41.6 Å². The van der Waals surface area contributed by atoms with Crippen LogP contribution in [0.2, 0.25) is 0 Å². The molecule has 0 aromatic heterocycles. The van der Waals surface area contributed by atoms with Gasteiger partial charge in [-0.3, -0.25) is 4.79 Å². The fourth-order valence-corrected chi connectivity index (χ4v) is 3.55. The molecule has 2 aromatic rings. The summed E-state index contributed by atoms with van der Waals surface area (Å²) in [7, 11) is 0. The van der Waals surface area contributed by atoms with Gasteiger partial charge in [0.1, 0.15) is 11.4 Å². The van der Waals surface area contributed by atoms with E-state index in [9.17, 15) is 4.79 Å². The van der Waals surface area contributed by atoms with E-state index >= 15 is 0 Å². The van der Waals surface area contributed by atoms with Crippen LogP contribution in [0.3, 0.4) is 0 Å². The molecular weight excluding hydrogens is 324 g/mol. The Balaban J connectivity index is 2.07. The van der Waals surface area contributed by atoms with Crippen molar-refractivity contribution in [3.63, 3.8) is 0 Å². The lowest BCUT2D eigenvalue weighted by atomic mass is 9.89. The maximum Gasteiger partial charge on any atom is 0.258 e. The second kappa shape index (κ2) is 7.24. The van der Waals surface area contributed by atoms with E-state index in [1.165, 1.54) is 0 Å². The summed E-state index contributed by atoms with van der Waals surface area (Å²) < 4.78 is 5.76. The van der Waals surface area contributed by atoms with Gasteiger partial charge >= 0.3 is 0 Å². The van der Waals surface area contributed by atoms with E-state index in [0.29, 0.717) is 12.1 Å². The van der Waals surface area contributed by atoms with Gasteiger partial charge in [0.15, 0.2) is 0 Å². The molecule has 0 bridgehead atoms. The first kappa shape index (κ1) is 18.1. The summed E-state index contributed by atoms with van der Waals surface area (Å²) in [5.41, 5.74) is 1.97. The van der Waals surface area contributed by atoms with E-state index in [2.05, 4.69) is 18.8 Å². The summed E-state index contributed by atoms with van der Waals surface area (Å²) in [5, 5.41) is 3.62. The fraction of sp³-hybridized carbons (Fsp3) is 0.318. The molecule has 0 aliphatic carbocycles. The van der Waals surface area contributed by atoms with Crippen molar-refractivity contribution in [3.05, 3.63) is 72.3 Å². The smallest absolute Gasteiger partial charge is 0.258 e. The summed E-state index contributed by atoms with van der Waals surface area (Å²) >= 11 is 0. The van der Waals surface area contributed by atoms with E-state index in [-0.39, 0.29) is 12.0 Å². The van der Waals surface area contributed by atoms with Crippen LogP contribution in [0.25, 0.3) is 0 Å². The van der Waals surface area contributed by atoms with Crippen LogP contribution in [0.4, 0.5) is 5.69 Å². The van der Waals surface area contributed by atoms with E-state index in [1.54, 1.807) is 6.08 Å². The zero-order valence-electron chi connectivity index (χ0n) is 15.7. The number of hydrogen-bond acceptors (Lipinski definition) is 3. The molecule has 0 fully saturated rings. The van der Waals surface area contributed by atoms with Crippen molar-refractivity contribution in [2.24, 2.45) is 0 Å². The SMILES string of the molecule is C=CCN1C(=O)c2ccccc2NC1(CC)c1ccc(OC(C)C)cc1. The Morgan fingerprint density at radius 3 is 2.50 bits per heavy atom. The number of nitrogens with zero attached hydrogens (tertiary/aromatic N) is 1. The Morgan fingerprint density at radius 1 is 1.19 bits per heavy atom. The minimum Gasteiger partial charge on any atom is -0.491 e. The number of benzene rings is 2. The summed E-state index contributed by atoms with van der Waals surface area (Å²) in [6, 6.07) is 15.6. The summed E-state index contributed by atoms with van der Waals surface area (Å²) in [4.78, 5) is 15.0. The molecule has 0 radical (unpaired) electrons. The van der Waals surface area contributed by atoms with Crippen LogP contribution in [0, 0.1) is 0 Å². The Labute approximate surface area is 155 Å². The van der Waals surface area contributed by atoms with Gasteiger partial charge in [-0.15, -0.1) is 6.58 Å². The Morgan fingerprint density at radius 2 is 1.88 bits per heavy atom. The molecular formula is C22H26N2O2. The first-order valence-electron chi connectivity index (χ1n) is 9.09. The first-order chi connectivity index (χ1) is 12.5. The fourth-order valence-electron chi connectivity index (χ4n) is 3.55. The van der Waals surface area contributed by atoms with Gasteiger partial charge in [-0.05, 0) is 50.1 Å². The van der Waals surface area contributed by atoms with Gasteiger partial charge in [-0.25, -0.2) is 0 Å². The maximum atomic E-state index is 13.2. The molecule has 1 amide bonds. The first-order valence-corrected chi connectivity index (χ1v) is 9.09. The minimum absolute atomic E-state index is 0.0172.